The minimum absolute atomic E-state index is 0.199. The van der Waals surface area contributed by atoms with E-state index in [-0.39, 0.29) is 6.10 Å². The molecular weight excluding hydrogens is 308 g/mol. The lowest BCUT2D eigenvalue weighted by Gasteiger charge is -2.31. The number of piperidine rings is 1. The molecule has 2 rings (SSSR count). The van der Waals surface area contributed by atoms with Crippen LogP contribution in [0.15, 0.2) is 16.3 Å². The lowest BCUT2D eigenvalue weighted by molar-refractivity contribution is 0.0290. The van der Waals surface area contributed by atoms with Gasteiger partial charge in [-0.3, -0.25) is 0 Å². The number of sulfonamides is 1. The van der Waals surface area contributed by atoms with Crippen LogP contribution in [0.2, 0.25) is 0 Å². The quantitative estimate of drug-likeness (QED) is 0.830. The van der Waals surface area contributed by atoms with Crippen LogP contribution in [0.4, 0.5) is 0 Å². The van der Waals surface area contributed by atoms with Gasteiger partial charge in [0.2, 0.25) is 10.0 Å². The molecule has 1 fully saturated rings. The third-order valence-electron chi connectivity index (χ3n) is 3.66. The number of nitrogens with zero attached hydrogens (tertiary/aromatic N) is 1. The molecule has 0 atom stereocenters. The number of nitrogens with one attached hydrogen (secondary N) is 1. The summed E-state index contributed by atoms with van der Waals surface area (Å²) in [5.41, 5.74) is 0. The smallest absolute Gasteiger partial charge is 0.244 e. The zero-order valence-electron chi connectivity index (χ0n) is 12.7. The number of hydrogen-bond donors (Lipinski definition) is 1. The topological polar surface area (TPSA) is 58.6 Å². The summed E-state index contributed by atoms with van der Waals surface area (Å²) in [6, 6.07) is 1.72. The van der Waals surface area contributed by atoms with Crippen LogP contribution < -0.4 is 5.32 Å². The standard InChI is InChI=1S/C14H24N2O3S2/c1-3-15-11-13-14(7-10-20-13)21(17,18)16-8-5-12(6-9-16)19-4-2/h7,10,12,15H,3-6,8-9,11H2,1-2H3. The average molecular weight is 332 g/mol. The van der Waals surface area contributed by atoms with Gasteiger partial charge < -0.3 is 10.1 Å². The fourth-order valence-corrected chi connectivity index (χ4v) is 5.39. The van der Waals surface area contributed by atoms with E-state index in [0.717, 1.165) is 24.3 Å². The summed E-state index contributed by atoms with van der Waals surface area (Å²) in [6.45, 7) is 7.21. The predicted molar refractivity (Wildman–Crippen MR) is 85.1 cm³/mol. The summed E-state index contributed by atoms with van der Waals surface area (Å²) >= 11 is 1.50. The van der Waals surface area contributed by atoms with Gasteiger partial charge in [-0.15, -0.1) is 11.3 Å². The molecule has 1 saturated heterocycles. The van der Waals surface area contributed by atoms with Crippen molar-refractivity contribution in [3.8, 4) is 0 Å². The van der Waals surface area contributed by atoms with Crippen LogP contribution in [0.25, 0.3) is 0 Å². The first-order valence-electron chi connectivity index (χ1n) is 7.48. The van der Waals surface area contributed by atoms with Crippen LogP contribution in [0.5, 0.6) is 0 Å². The second-order valence-corrected chi connectivity index (χ2v) is 7.95. The van der Waals surface area contributed by atoms with Gasteiger partial charge in [-0.25, -0.2) is 8.42 Å². The second-order valence-electron chi connectivity index (χ2n) is 5.05. The molecule has 1 aliphatic heterocycles. The van der Waals surface area contributed by atoms with E-state index in [2.05, 4.69) is 5.32 Å². The maximum atomic E-state index is 12.8. The number of thiophene rings is 1. The van der Waals surface area contributed by atoms with Crippen LogP contribution in [0.3, 0.4) is 0 Å². The number of hydrogen-bond acceptors (Lipinski definition) is 5. The minimum atomic E-state index is -3.37. The highest BCUT2D eigenvalue weighted by molar-refractivity contribution is 7.89. The summed E-state index contributed by atoms with van der Waals surface area (Å²) in [5, 5.41) is 5.05. The van der Waals surface area contributed by atoms with Crippen molar-refractivity contribution in [2.24, 2.45) is 0 Å². The molecule has 0 saturated carbocycles. The van der Waals surface area contributed by atoms with E-state index >= 15 is 0 Å². The molecule has 21 heavy (non-hydrogen) atoms. The first-order chi connectivity index (χ1) is 10.1. The van der Waals surface area contributed by atoms with Crippen molar-refractivity contribution in [2.45, 2.75) is 44.2 Å². The van der Waals surface area contributed by atoms with Gasteiger partial charge in [-0.2, -0.15) is 4.31 Å². The summed E-state index contributed by atoms with van der Waals surface area (Å²) in [6.07, 6.45) is 1.75. The Morgan fingerprint density at radius 2 is 2.10 bits per heavy atom. The molecule has 5 nitrogen and oxygen atoms in total. The van der Waals surface area contributed by atoms with Crippen LogP contribution in [0.1, 0.15) is 31.6 Å². The molecule has 120 valence electrons. The summed E-state index contributed by atoms with van der Waals surface area (Å²) in [5.74, 6) is 0. The molecule has 0 spiro atoms. The van der Waals surface area contributed by atoms with Gasteiger partial charge >= 0.3 is 0 Å². The van der Waals surface area contributed by atoms with E-state index in [1.807, 2.05) is 19.2 Å². The van der Waals surface area contributed by atoms with Gasteiger partial charge in [-0.05, 0) is 37.8 Å². The first kappa shape index (κ1) is 16.9. The first-order valence-corrected chi connectivity index (χ1v) is 9.80. The van der Waals surface area contributed by atoms with Crippen LogP contribution in [0, 0.1) is 0 Å². The lowest BCUT2D eigenvalue weighted by Crippen LogP contribution is -2.41. The van der Waals surface area contributed by atoms with Crippen molar-refractivity contribution in [1.82, 2.24) is 9.62 Å². The number of ether oxygens (including phenoxy) is 1. The third kappa shape index (κ3) is 4.04. The molecule has 0 bridgehead atoms. The van der Waals surface area contributed by atoms with Gasteiger partial charge in [0.15, 0.2) is 0 Å². The van der Waals surface area contributed by atoms with E-state index in [0.29, 0.717) is 31.1 Å². The van der Waals surface area contributed by atoms with E-state index in [1.165, 1.54) is 11.3 Å². The Bertz CT molecular complexity index is 534. The van der Waals surface area contributed by atoms with Gasteiger partial charge in [0.05, 0.1) is 11.0 Å². The molecule has 0 aliphatic carbocycles. The van der Waals surface area contributed by atoms with Gasteiger partial charge in [0, 0.05) is 31.1 Å². The molecule has 0 radical (unpaired) electrons. The normalized spacial score (nSPS) is 18.2. The van der Waals surface area contributed by atoms with E-state index in [4.69, 9.17) is 4.74 Å². The fraction of sp³-hybridized carbons (Fsp3) is 0.714. The summed E-state index contributed by atoms with van der Waals surface area (Å²) in [4.78, 5) is 1.35. The van der Waals surface area contributed by atoms with Gasteiger partial charge in [0.1, 0.15) is 0 Å². The second kappa shape index (κ2) is 7.69. The summed E-state index contributed by atoms with van der Waals surface area (Å²) < 4.78 is 32.7. The van der Waals surface area contributed by atoms with Crippen molar-refractivity contribution >= 4 is 21.4 Å². The molecule has 2 heterocycles. The fourth-order valence-electron chi connectivity index (χ4n) is 2.54. The Labute approximate surface area is 131 Å². The predicted octanol–water partition coefficient (Wildman–Crippen LogP) is 2.05. The molecule has 1 aromatic heterocycles. The van der Waals surface area contributed by atoms with Crippen molar-refractivity contribution < 1.29 is 13.2 Å². The van der Waals surface area contributed by atoms with Crippen molar-refractivity contribution in [2.75, 3.05) is 26.2 Å². The Morgan fingerprint density at radius 3 is 2.71 bits per heavy atom. The third-order valence-corrected chi connectivity index (χ3v) is 6.69. The zero-order chi connectivity index (χ0) is 15.3. The maximum absolute atomic E-state index is 12.8. The molecule has 0 aromatic carbocycles. The molecular formula is C14H24N2O3S2. The Kier molecular flexibility index (Phi) is 6.19. The highest BCUT2D eigenvalue weighted by atomic mass is 32.2. The van der Waals surface area contributed by atoms with Crippen molar-refractivity contribution in [3.05, 3.63) is 16.3 Å². The highest BCUT2D eigenvalue weighted by Crippen LogP contribution is 2.27. The number of rotatable bonds is 7. The Balaban J connectivity index is 2.07. The molecule has 1 aliphatic rings. The van der Waals surface area contributed by atoms with E-state index in [1.54, 1.807) is 10.4 Å². The minimum Gasteiger partial charge on any atom is -0.378 e. The van der Waals surface area contributed by atoms with Gasteiger partial charge in [0.25, 0.3) is 0 Å². The largest absolute Gasteiger partial charge is 0.378 e. The zero-order valence-corrected chi connectivity index (χ0v) is 14.3. The SMILES string of the molecule is CCNCc1sccc1S(=O)(=O)N1CCC(OCC)CC1. The molecule has 7 heteroatoms. The Morgan fingerprint density at radius 1 is 1.38 bits per heavy atom. The summed E-state index contributed by atoms with van der Waals surface area (Å²) in [7, 11) is -3.37. The van der Waals surface area contributed by atoms with Crippen LogP contribution in [-0.2, 0) is 21.3 Å². The van der Waals surface area contributed by atoms with Crippen LogP contribution in [-0.4, -0.2) is 45.1 Å². The van der Waals surface area contributed by atoms with E-state index in [9.17, 15) is 8.42 Å². The molecule has 1 aromatic rings. The highest BCUT2D eigenvalue weighted by Gasteiger charge is 2.31. The Hall–Kier alpha value is -0.470. The average Bonchev–Trinajstić information content (AvgIpc) is 2.95. The molecule has 0 amide bonds. The van der Waals surface area contributed by atoms with Crippen molar-refractivity contribution in [1.29, 1.82) is 0 Å². The molecule has 0 unspecified atom stereocenters. The van der Waals surface area contributed by atoms with Gasteiger partial charge in [-0.1, -0.05) is 6.92 Å². The monoisotopic (exact) mass is 332 g/mol. The van der Waals surface area contributed by atoms with E-state index < -0.39 is 10.0 Å². The van der Waals surface area contributed by atoms with Crippen molar-refractivity contribution in [3.63, 3.8) is 0 Å². The van der Waals surface area contributed by atoms with Crippen LogP contribution >= 0.6 is 11.3 Å². The lowest BCUT2D eigenvalue weighted by atomic mass is 10.1. The molecule has 1 N–H and O–H groups in total. The maximum Gasteiger partial charge on any atom is 0.244 e.